The summed E-state index contributed by atoms with van der Waals surface area (Å²) in [6.45, 7) is 10.4. The molecule has 0 saturated carbocycles. The molecule has 90 valence electrons. The normalized spacial score (nSPS) is 19.4. The smallest absolute Gasteiger partial charge is 0.0594 e. The molecular weight excluding hydrogens is 192 g/mol. The van der Waals surface area contributed by atoms with Gasteiger partial charge < -0.3 is 15.2 Å². The number of nitrogens with zero attached hydrogens (tertiary/aromatic N) is 1. The molecule has 0 bridgehead atoms. The fraction of sp³-hybridized carbons (Fsp3) is 1.00. The molecule has 0 amide bonds. The maximum atomic E-state index is 8.88. The zero-order chi connectivity index (χ0) is 11.1. The molecule has 4 nitrogen and oxygen atoms in total. The Labute approximate surface area is 92.6 Å². The molecule has 2 N–H and O–H groups in total. The topological polar surface area (TPSA) is 44.7 Å². The van der Waals surface area contributed by atoms with Crippen molar-refractivity contribution in [3.63, 3.8) is 0 Å². The van der Waals surface area contributed by atoms with Crippen LogP contribution in [0.1, 0.15) is 20.3 Å². The van der Waals surface area contributed by atoms with Crippen molar-refractivity contribution in [2.45, 2.75) is 25.8 Å². The van der Waals surface area contributed by atoms with Gasteiger partial charge in [-0.15, -0.1) is 0 Å². The number of aliphatic hydroxyl groups excluding tert-OH is 1. The van der Waals surface area contributed by atoms with Gasteiger partial charge in [0.1, 0.15) is 0 Å². The Hall–Kier alpha value is -0.160. The monoisotopic (exact) mass is 216 g/mol. The average molecular weight is 216 g/mol. The summed E-state index contributed by atoms with van der Waals surface area (Å²) in [5.74, 6) is 0. The van der Waals surface area contributed by atoms with Gasteiger partial charge in [0.05, 0.1) is 13.2 Å². The molecule has 0 radical (unpaired) electrons. The highest BCUT2D eigenvalue weighted by Gasteiger charge is 2.16. The summed E-state index contributed by atoms with van der Waals surface area (Å²) in [6.07, 6.45) is 0.802. The van der Waals surface area contributed by atoms with Crippen LogP contribution in [-0.4, -0.2) is 61.5 Å². The van der Waals surface area contributed by atoms with E-state index >= 15 is 0 Å². The molecule has 0 aliphatic carbocycles. The van der Waals surface area contributed by atoms with Crippen molar-refractivity contribution < 1.29 is 9.84 Å². The summed E-state index contributed by atoms with van der Waals surface area (Å²) in [4.78, 5) is 2.41. The van der Waals surface area contributed by atoms with E-state index in [1.54, 1.807) is 0 Å². The maximum Gasteiger partial charge on any atom is 0.0594 e. The van der Waals surface area contributed by atoms with Crippen LogP contribution in [0, 0.1) is 0 Å². The van der Waals surface area contributed by atoms with Crippen LogP contribution in [0.4, 0.5) is 0 Å². The van der Waals surface area contributed by atoms with Gasteiger partial charge in [-0.1, -0.05) is 0 Å². The molecule has 0 aromatic carbocycles. The lowest BCUT2D eigenvalue weighted by molar-refractivity contribution is 0.0375. The van der Waals surface area contributed by atoms with Crippen molar-refractivity contribution in [1.29, 1.82) is 0 Å². The van der Waals surface area contributed by atoms with Gasteiger partial charge in [-0.05, 0) is 20.3 Å². The van der Waals surface area contributed by atoms with Gasteiger partial charge in [-0.2, -0.15) is 0 Å². The van der Waals surface area contributed by atoms with Crippen LogP contribution in [0.5, 0.6) is 0 Å². The molecule has 15 heavy (non-hydrogen) atoms. The molecule has 0 aromatic rings. The van der Waals surface area contributed by atoms with Crippen molar-refractivity contribution >= 4 is 0 Å². The third kappa shape index (κ3) is 5.47. The van der Waals surface area contributed by atoms with Gasteiger partial charge >= 0.3 is 0 Å². The van der Waals surface area contributed by atoms with Crippen molar-refractivity contribution in [3.8, 4) is 0 Å². The number of hydrogen-bond donors (Lipinski definition) is 2. The largest absolute Gasteiger partial charge is 0.396 e. The van der Waals surface area contributed by atoms with Crippen molar-refractivity contribution in [2.75, 3.05) is 46.0 Å². The standard InChI is InChI=1S/C11H24N2O2/c1-11(2,3-8-14)12-4-5-13-6-9-15-10-7-13/h12,14H,3-10H2,1-2H3. The number of hydrogen-bond acceptors (Lipinski definition) is 4. The molecule has 4 heteroatoms. The summed E-state index contributed by atoms with van der Waals surface area (Å²) in [5.41, 5.74) is 0.0427. The van der Waals surface area contributed by atoms with Crippen LogP contribution in [0.3, 0.4) is 0 Å². The lowest BCUT2D eigenvalue weighted by Crippen LogP contribution is -2.46. The molecule has 0 aromatic heterocycles. The summed E-state index contributed by atoms with van der Waals surface area (Å²) in [7, 11) is 0. The lowest BCUT2D eigenvalue weighted by Gasteiger charge is -2.30. The molecular formula is C11H24N2O2. The van der Waals surface area contributed by atoms with Crippen LogP contribution in [0.25, 0.3) is 0 Å². The fourth-order valence-electron chi connectivity index (χ4n) is 1.75. The first-order valence-electron chi connectivity index (χ1n) is 5.80. The van der Waals surface area contributed by atoms with E-state index in [0.717, 1.165) is 45.8 Å². The Morgan fingerprint density at radius 2 is 2.00 bits per heavy atom. The van der Waals surface area contributed by atoms with Crippen molar-refractivity contribution in [1.82, 2.24) is 10.2 Å². The van der Waals surface area contributed by atoms with E-state index in [2.05, 4.69) is 24.1 Å². The number of morpholine rings is 1. The highest BCUT2D eigenvalue weighted by atomic mass is 16.5. The zero-order valence-electron chi connectivity index (χ0n) is 9.96. The quantitative estimate of drug-likeness (QED) is 0.659. The van der Waals surface area contributed by atoms with E-state index in [1.807, 2.05) is 0 Å². The predicted octanol–water partition coefficient (Wildman–Crippen LogP) is 0.0692. The van der Waals surface area contributed by atoms with E-state index in [0.29, 0.717) is 0 Å². The highest BCUT2D eigenvalue weighted by molar-refractivity contribution is 4.77. The Bertz CT molecular complexity index is 168. The molecule has 0 spiro atoms. The SMILES string of the molecule is CC(C)(CCO)NCCN1CCOCC1. The Morgan fingerprint density at radius 1 is 1.33 bits per heavy atom. The van der Waals surface area contributed by atoms with E-state index in [9.17, 15) is 0 Å². The molecule has 1 fully saturated rings. The Morgan fingerprint density at radius 3 is 2.60 bits per heavy atom. The van der Waals surface area contributed by atoms with Crippen LogP contribution >= 0.6 is 0 Å². The number of nitrogens with one attached hydrogen (secondary N) is 1. The highest BCUT2D eigenvalue weighted by Crippen LogP contribution is 2.06. The molecule has 1 heterocycles. The molecule has 1 aliphatic rings. The summed E-state index contributed by atoms with van der Waals surface area (Å²) in [5, 5.41) is 12.3. The van der Waals surface area contributed by atoms with E-state index in [4.69, 9.17) is 9.84 Å². The fourth-order valence-corrected chi connectivity index (χ4v) is 1.75. The minimum atomic E-state index is 0.0427. The van der Waals surface area contributed by atoms with E-state index < -0.39 is 0 Å². The maximum absolute atomic E-state index is 8.88. The van der Waals surface area contributed by atoms with Gasteiger partial charge in [0.15, 0.2) is 0 Å². The van der Waals surface area contributed by atoms with Crippen molar-refractivity contribution in [3.05, 3.63) is 0 Å². The molecule has 1 aliphatic heterocycles. The first kappa shape index (κ1) is 12.9. The van der Waals surface area contributed by atoms with Gasteiger partial charge in [-0.25, -0.2) is 0 Å². The second kappa shape index (κ2) is 6.43. The molecule has 0 unspecified atom stereocenters. The third-order valence-electron chi connectivity index (χ3n) is 2.87. The van der Waals surface area contributed by atoms with E-state index in [1.165, 1.54) is 0 Å². The first-order valence-corrected chi connectivity index (χ1v) is 5.80. The van der Waals surface area contributed by atoms with Gasteiger partial charge in [0, 0.05) is 38.3 Å². The zero-order valence-corrected chi connectivity index (χ0v) is 9.96. The van der Waals surface area contributed by atoms with Crippen LogP contribution < -0.4 is 5.32 Å². The number of ether oxygens (including phenoxy) is 1. The third-order valence-corrected chi connectivity index (χ3v) is 2.87. The number of rotatable bonds is 6. The van der Waals surface area contributed by atoms with Gasteiger partial charge in [-0.3, -0.25) is 4.90 Å². The summed E-state index contributed by atoms with van der Waals surface area (Å²) in [6, 6.07) is 0. The first-order chi connectivity index (χ1) is 7.14. The minimum Gasteiger partial charge on any atom is -0.396 e. The number of aliphatic hydroxyl groups is 1. The summed E-state index contributed by atoms with van der Waals surface area (Å²) < 4.78 is 5.29. The Kier molecular flexibility index (Phi) is 5.53. The lowest BCUT2D eigenvalue weighted by atomic mass is 10.0. The minimum absolute atomic E-state index is 0.0427. The van der Waals surface area contributed by atoms with Gasteiger partial charge in [0.25, 0.3) is 0 Å². The van der Waals surface area contributed by atoms with Crippen LogP contribution in [0.2, 0.25) is 0 Å². The van der Waals surface area contributed by atoms with Gasteiger partial charge in [0.2, 0.25) is 0 Å². The second-order valence-corrected chi connectivity index (χ2v) is 4.74. The predicted molar refractivity (Wildman–Crippen MR) is 61.0 cm³/mol. The Balaban J connectivity index is 2.09. The molecule has 1 rings (SSSR count). The second-order valence-electron chi connectivity index (χ2n) is 4.74. The average Bonchev–Trinajstić information content (AvgIpc) is 2.19. The van der Waals surface area contributed by atoms with Crippen molar-refractivity contribution in [2.24, 2.45) is 0 Å². The van der Waals surface area contributed by atoms with E-state index in [-0.39, 0.29) is 12.1 Å². The summed E-state index contributed by atoms with van der Waals surface area (Å²) >= 11 is 0. The molecule has 1 saturated heterocycles. The van der Waals surface area contributed by atoms with Crippen LogP contribution in [-0.2, 0) is 4.74 Å². The molecule has 0 atom stereocenters. The van der Waals surface area contributed by atoms with Crippen LogP contribution in [0.15, 0.2) is 0 Å².